The van der Waals surface area contributed by atoms with E-state index in [0.717, 1.165) is 0 Å². The number of benzene rings is 1. The lowest BCUT2D eigenvalue weighted by atomic mass is 10.1. The molecule has 0 bridgehead atoms. The van der Waals surface area contributed by atoms with Crippen molar-refractivity contribution in [3.8, 4) is 5.75 Å². The molecule has 0 fully saturated rings. The number of halogens is 1. The number of ether oxygens (including phenoxy) is 1. The standard InChI is InChI=1S/C14H17ClN2O2/c1-5-12(16-6-2)11-9-10(15)7-8-13(11)19-14(18)17(3)4/h5-9H,1-4H3. The first-order valence-electron chi connectivity index (χ1n) is 5.83. The van der Waals surface area contributed by atoms with E-state index in [2.05, 4.69) is 4.99 Å². The van der Waals surface area contributed by atoms with Crippen molar-refractivity contribution < 1.29 is 9.53 Å². The fourth-order valence-corrected chi connectivity index (χ4v) is 1.59. The van der Waals surface area contributed by atoms with E-state index in [1.165, 1.54) is 4.90 Å². The lowest BCUT2D eigenvalue weighted by Gasteiger charge is -2.14. The molecular formula is C14H17ClN2O2. The number of nitrogens with zero attached hydrogens (tertiary/aromatic N) is 2. The van der Waals surface area contributed by atoms with Gasteiger partial charge >= 0.3 is 6.09 Å². The summed E-state index contributed by atoms with van der Waals surface area (Å²) in [6.07, 6.45) is 3.06. The van der Waals surface area contributed by atoms with Gasteiger partial charge in [0.25, 0.3) is 0 Å². The maximum atomic E-state index is 11.6. The number of allylic oxidation sites excluding steroid dienone is 1. The molecule has 5 heteroatoms. The van der Waals surface area contributed by atoms with Crippen LogP contribution in [0.2, 0.25) is 5.02 Å². The van der Waals surface area contributed by atoms with Crippen LogP contribution in [0.25, 0.3) is 5.70 Å². The molecule has 0 spiro atoms. The highest BCUT2D eigenvalue weighted by molar-refractivity contribution is 6.30. The van der Waals surface area contributed by atoms with Crippen LogP contribution < -0.4 is 4.74 Å². The van der Waals surface area contributed by atoms with Crippen molar-refractivity contribution in [1.82, 2.24) is 4.90 Å². The number of rotatable bonds is 3. The van der Waals surface area contributed by atoms with Gasteiger partial charge in [0, 0.05) is 30.9 Å². The number of hydrogen-bond donors (Lipinski definition) is 0. The summed E-state index contributed by atoms with van der Waals surface area (Å²) in [6, 6.07) is 5.06. The third kappa shape index (κ3) is 4.10. The smallest absolute Gasteiger partial charge is 0.409 e. The van der Waals surface area contributed by atoms with Gasteiger partial charge in [0.1, 0.15) is 5.75 Å². The molecule has 102 valence electrons. The molecule has 0 aliphatic rings. The highest BCUT2D eigenvalue weighted by Gasteiger charge is 2.13. The van der Waals surface area contributed by atoms with E-state index >= 15 is 0 Å². The fourth-order valence-electron chi connectivity index (χ4n) is 1.42. The van der Waals surface area contributed by atoms with Crippen LogP contribution in [0.5, 0.6) is 5.75 Å². The van der Waals surface area contributed by atoms with Crippen LogP contribution >= 0.6 is 11.6 Å². The van der Waals surface area contributed by atoms with Gasteiger partial charge in [-0.25, -0.2) is 4.79 Å². The minimum absolute atomic E-state index is 0.432. The molecule has 0 aromatic heterocycles. The van der Waals surface area contributed by atoms with Crippen LogP contribution in [0.1, 0.15) is 19.4 Å². The van der Waals surface area contributed by atoms with Crippen molar-refractivity contribution in [2.45, 2.75) is 13.8 Å². The fraction of sp³-hybridized carbons (Fsp3) is 0.286. The summed E-state index contributed by atoms with van der Waals surface area (Å²) in [7, 11) is 3.25. The average molecular weight is 281 g/mol. The highest BCUT2D eigenvalue weighted by atomic mass is 35.5. The van der Waals surface area contributed by atoms with Gasteiger partial charge in [-0.2, -0.15) is 0 Å². The van der Waals surface area contributed by atoms with E-state index in [0.29, 0.717) is 22.0 Å². The van der Waals surface area contributed by atoms with E-state index in [-0.39, 0.29) is 0 Å². The van der Waals surface area contributed by atoms with Gasteiger partial charge in [0.05, 0.1) is 5.70 Å². The molecule has 0 aliphatic carbocycles. The van der Waals surface area contributed by atoms with Crippen LogP contribution in [-0.4, -0.2) is 31.3 Å². The molecule has 0 radical (unpaired) electrons. The molecule has 1 amide bonds. The summed E-state index contributed by atoms with van der Waals surface area (Å²) >= 11 is 5.99. The lowest BCUT2D eigenvalue weighted by Crippen LogP contribution is -2.25. The van der Waals surface area contributed by atoms with Gasteiger partial charge in [-0.15, -0.1) is 0 Å². The molecule has 1 aromatic rings. The van der Waals surface area contributed by atoms with E-state index in [4.69, 9.17) is 16.3 Å². The van der Waals surface area contributed by atoms with Gasteiger partial charge in [-0.05, 0) is 32.0 Å². The van der Waals surface area contributed by atoms with Gasteiger partial charge in [-0.3, -0.25) is 4.99 Å². The second-order valence-corrected chi connectivity index (χ2v) is 4.40. The predicted octanol–water partition coefficient (Wildman–Crippen LogP) is 3.85. The molecule has 0 N–H and O–H groups in total. The minimum atomic E-state index is -0.445. The number of aliphatic imine (C=N–C) groups is 1. The van der Waals surface area contributed by atoms with Crippen molar-refractivity contribution in [2.24, 2.45) is 4.99 Å². The molecule has 0 unspecified atom stereocenters. The first kappa shape index (κ1) is 15.2. The summed E-state index contributed by atoms with van der Waals surface area (Å²) in [6.45, 7) is 3.68. The Morgan fingerprint density at radius 3 is 2.58 bits per heavy atom. The van der Waals surface area contributed by atoms with Crippen LogP contribution in [0.3, 0.4) is 0 Å². The van der Waals surface area contributed by atoms with Crippen LogP contribution in [0.4, 0.5) is 4.79 Å². The Balaban J connectivity index is 3.22. The van der Waals surface area contributed by atoms with Crippen LogP contribution in [0.15, 0.2) is 29.3 Å². The molecule has 19 heavy (non-hydrogen) atoms. The molecule has 4 nitrogen and oxygen atoms in total. The summed E-state index contributed by atoms with van der Waals surface area (Å²) in [5, 5.41) is 0.560. The monoisotopic (exact) mass is 280 g/mol. The zero-order valence-corrected chi connectivity index (χ0v) is 12.2. The maximum Gasteiger partial charge on any atom is 0.414 e. The Morgan fingerprint density at radius 2 is 2.05 bits per heavy atom. The summed E-state index contributed by atoms with van der Waals surface area (Å²) in [5.74, 6) is 0.432. The topological polar surface area (TPSA) is 41.9 Å². The lowest BCUT2D eigenvalue weighted by molar-refractivity contribution is 0.172. The summed E-state index contributed by atoms with van der Waals surface area (Å²) in [4.78, 5) is 17.2. The highest BCUT2D eigenvalue weighted by Crippen LogP contribution is 2.30. The molecular weight excluding hydrogens is 264 g/mol. The largest absolute Gasteiger partial charge is 0.414 e. The van der Waals surface area contributed by atoms with Crippen molar-refractivity contribution >= 4 is 29.6 Å². The molecule has 1 aromatic carbocycles. The van der Waals surface area contributed by atoms with Crippen molar-refractivity contribution in [3.05, 3.63) is 34.9 Å². The molecule has 1 rings (SSSR count). The first-order valence-corrected chi connectivity index (χ1v) is 6.21. The van der Waals surface area contributed by atoms with Crippen molar-refractivity contribution in [1.29, 1.82) is 0 Å². The van der Waals surface area contributed by atoms with Crippen LogP contribution in [0, 0.1) is 0 Å². The molecule has 0 saturated carbocycles. The second-order valence-electron chi connectivity index (χ2n) is 3.96. The zero-order valence-electron chi connectivity index (χ0n) is 11.5. The van der Waals surface area contributed by atoms with Gasteiger partial charge < -0.3 is 9.64 Å². The van der Waals surface area contributed by atoms with Crippen molar-refractivity contribution in [2.75, 3.05) is 14.1 Å². The van der Waals surface area contributed by atoms with E-state index < -0.39 is 6.09 Å². The molecule has 0 atom stereocenters. The Labute approximate surface area is 118 Å². The van der Waals surface area contributed by atoms with E-state index in [1.54, 1.807) is 38.5 Å². The Kier molecular flexibility index (Phi) is 5.57. The molecule has 0 saturated heterocycles. The predicted molar refractivity (Wildman–Crippen MR) is 79.0 cm³/mol. The maximum absolute atomic E-state index is 11.6. The molecule has 0 heterocycles. The van der Waals surface area contributed by atoms with Crippen LogP contribution in [-0.2, 0) is 0 Å². The van der Waals surface area contributed by atoms with Gasteiger partial charge in [0.2, 0.25) is 0 Å². The Hall–Kier alpha value is -1.81. The summed E-state index contributed by atoms with van der Waals surface area (Å²) < 4.78 is 5.30. The zero-order chi connectivity index (χ0) is 14.4. The average Bonchev–Trinajstić information content (AvgIpc) is 2.38. The third-order valence-electron chi connectivity index (χ3n) is 2.32. The van der Waals surface area contributed by atoms with Gasteiger partial charge in [-0.1, -0.05) is 17.7 Å². The minimum Gasteiger partial charge on any atom is -0.409 e. The quantitative estimate of drug-likeness (QED) is 0.789. The molecule has 0 aliphatic heterocycles. The normalized spacial score (nSPS) is 11.7. The second kappa shape index (κ2) is 6.95. The summed E-state index contributed by atoms with van der Waals surface area (Å²) in [5.41, 5.74) is 1.38. The third-order valence-corrected chi connectivity index (χ3v) is 2.56. The van der Waals surface area contributed by atoms with E-state index in [1.807, 2.05) is 19.9 Å². The number of amides is 1. The van der Waals surface area contributed by atoms with Crippen molar-refractivity contribution in [3.63, 3.8) is 0 Å². The number of hydrogen-bond acceptors (Lipinski definition) is 3. The van der Waals surface area contributed by atoms with Gasteiger partial charge in [0.15, 0.2) is 0 Å². The number of carbonyl (C=O) groups excluding carboxylic acids is 1. The Morgan fingerprint density at radius 1 is 1.37 bits per heavy atom. The SMILES string of the molecule is CC=NC(=CC)c1cc(Cl)ccc1OC(=O)N(C)C. The van der Waals surface area contributed by atoms with E-state index in [9.17, 15) is 4.79 Å². The Bertz CT molecular complexity index is 522. The first-order chi connectivity index (χ1) is 8.99. The number of carbonyl (C=O) groups is 1.